The van der Waals surface area contributed by atoms with E-state index < -0.39 is 12.1 Å². The molecule has 3 N–H and O–H groups in total. The number of hydrogen-bond donors (Lipinski definition) is 3. The van der Waals surface area contributed by atoms with Crippen molar-refractivity contribution in [2.45, 2.75) is 46.1 Å². The second kappa shape index (κ2) is 10.6. The second-order valence-electron chi connectivity index (χ2n) is 8.40. The van der Waals surface area contributed by atoms with Gasteiger partial charge in [0.15, 0.2) is 5.82 Å². The smallest absolute Gasteiger partial charge is 0.404 e. The fourth-order valence-electron chi connectivity index (χ4n) is 4.05. The number of halogens is 1. The lowest BCUT2D eigenvalue weighted by Gasteiger charge is -2.13. The molecule has 2 amide bonds. The first kappa shape index (κ1) is 24.9. The number of hydrogen-bond acceptors (Lipinski definition) is 6. The van der Waals surface area contributed by atoms with Gasteiger partial charge >= 0.3 is 6.09 Å². The summed E-state index contributed by atoms with van der Waals surface area (Å²) >= 11 is 7.81. The molecule has 0 spiro atoms. The number of aryl methyl sites for hydroxylation is 2. The molecule has 0 bridgehead atoms. The molecule has 0 saturated carbocycles. The Kier molecular flexibility index (Phi) is 7.51. The zero-order valence-electron chi connectivity index (χ0n) is 19.8. The molecule has 1 aliphatic heterocycles. The largest absolute Gasteiger partial charge is 0.465 e. The van der Waals surface area contributed by atoms with E-state index in [4.69, 9.17) is 21.7 Å². The summed E-state index contributed by atoms with van der Waals surface area (Å²) in [6.45, 7) is 6.89. The fourth-order valence-corrected chi connectivity index (χ4v) is 5.39. The van der Waals surface area contributed by atoms with E-state index >= 15 is 0 Å². The van der Waals surface area contributed by atoms with E-state index in [1.165, 1.54) is 4.88 Å². The SMILES string of the molecule is Cc1sc2c(c1C)C(c1ccc(Cl)cc1)=NC(CC(=O)NCCCCNC(=O)O)c1nnc(C)n1-2. The average molecular weight is 515 g/mol. The van der Waals surface area contributed by atoms with E-state index in [2.05, 4.69) is 34.7 Å². The van der Waals surface area contributed by atoms with Crippen LogP contribution in [0.25, 0.3) is 5.00 Å². The van der Waals surface area contributed by atoms with Gasteiger partial charge in [-0.05, 0) is 51.3 Å². The van der Waals surface area contributed by atoms with Crippen LogP contribution in [0.1, 0.15) is 58.5 Å². The lowest BCUT2D eigenvalue weighted by Crippen LogP contribution is -2.27. The summed E-state index contributed by atoms with van der Waals surface area (Å²) in [6.07, 6.45) is 0.382. The van der Waals surface area contributed by atoms with Crippen molar-refractivity contribution >= 4 is 40.6 Å². The maximum absolute atomic E-state index is 12.8. The Bertz CT molecular complexity index is 1280. The van der Waals surface area contributed by atoms with Gasteiger partial charge in [-0.25, -0.2) is 4.79 Å². The number of carbonyl (C=O) groups excluding carboxylic acids is 1. The molecule has 1 aromatic carbocycles. The molecule has 1 unspecified atom stereocenters. The molecule has 0 fully saturated rings. The van der Waals surface area contributed by atoms with Crippen LogP contribution in [-0.4, -0.2) is 50.7 Å². The molecule has 0 radical (unpaired) electrons. The third kappa shape index (κ3) is 5.38. The monoisotopic (exact) mass is 514 g/mol. The minimum absolute atomic E-state index is 0.121. The van der Waals surface area contributed by atoms with Crippen LogP contribution in [0, 0.1) is 20.8 Å². The molecule has 1 atom stereocenters. The van der Waals surface area contributed by atoms with E-state index in [0.29, 0.717) is 36.8 Å². The van der Waals surface area contributed by atoms with Crippen molar-refractivity contribution in [3.05, 3.63) is 62.5 Å². The lowest BCUT2D eigenvalue weighted by molar-refractivity contribution is -0.121. The Morgan fingerprint density at radius 2 is 1.77 bits per heavy atom. The standard InChI is InChI=1S/C24H27ClN6O3S/c1-13-14(2)35-23-20(13)21(16-6-8-17(25)9-7-16)28-18(22-30-29-15(3)31(22)23)12-19(32)26-10-4-5-11-27-24(33)34/h6-9,18,27H,4-5,10-12H2,1-3H3,(H,26,32)(H,33,34). The molecule has 184 valence electrons. The van der Waals surface area contributed by atoms with Gasteiger partial charge in [0.2, 0.25) is 5.91 Å². The maximum Gasteiger partial charge on any atom is 0.404 e. The number of fused-ring (bicyclic) bond motifs is 3. The van der Waals surface area contributed by atoms with Crippen molar-refractivity contribution in [3.8, 4) is 5.00 Å². The van der Waals surface area contributed by atoms with Crippen LogP contribution >= 0.6 is 22.9 Å². The van der Waals surface area contributed by atoms with Crippen LogP contribution in [0.4, 0.5) is 4.79 Å². The number of unbranched alkanes of at least 4 members (excludes halogenated alkanes) is 1. The highest BCUT2D eigenvalue weighted by Crippen LogP contribution is 2.39. The fraction of sp³-hybridized carbons (Fsp3) is 0.375. The third-order valence-corrected chi connectivity index (χ3v) is 7.38. The van der Waals surface area contributed by atoms with Crippen LogP contribution in [-0.2, 0) is 4.79 Å². The molecule has 9 nitrogen and oxygen atoms in total. The summed E-state index contributed by atoms with van der Waals surface area (Å²) in [5, 5.41) is 24.2. The molecule has 2 aromatic heterocycles. The van der Waals surface area contributed by atoms with Crippen molar-refractivity contribution in [3.63, 3.8) is 0 Å². The number of amides is 2. The van der Waals surface area contributed by atoms with Crippen molar-refractivity contribution in [1.29, 1.82) is 0 Å². The Hall–Kier alpha value is -3.24. The highest BCUT2D eigenvalue weighted by atomic mass is 35.5. The first-order valence-electron chi connectivity index (χ1n) is 11.4. The van der Waals surface area contributed by atoms with Crippen molar-refractivity contribution in [1.82, 2.24) is 25.4 Å². The predicted octanol–water partition coefficient (Wildman–Crippen LogP) is 4.35. The minimum Gasteiger partial charge on any atom is -0.465 e. The van der Waals surface area contributed by atoms with Crippen molar-refractivity contribution in [2.24, 2.45) is 4.99 Å². The molecule has 35 heavy (non-hydrogen) atoms. The van der Waals surface area contributed by atoms with E-state index in [0.717, 1.165) is 33.2 Å². The van der Waals surface area contributed by atoms with Gasteiger partial charge in [-0.15, -0.1) is 21.5 Å². The highest BCUT2D eigenvalue weighted by molar-refractivity contribution is 7.15. The highest BCUT2D eigenvalue weighted by Gasteiger charge is 2.32. The Balaban J connectivity index is 1.63. The summed E-state index contributed by atoms with van der Waals surface area (Å²) in [5.74, 6) is 1.23. The van der Waals surface area contributed by atoms with Gasteiger partial charge in [0.05, 0.1) is 12.1 Å². The van der Waals surface area contributed by atoms with Crippen molar-refractivity contribution < 1.29 is 14.7 Å². The summed E-state index contributed by atoms with van der Waals surface area (Å²) in [7, 11) is 0. The molecule has 3 heterocycles. The van der Waals surface area contributed by atoms with Gasteiger partial charge < -0.3 is 15.7 Å². The second-order valence-corrected chi connectivity index (χ2v) is 10.0. The third-order valence-electron chi connectivity index (χ3n) is 5.94. The van der Waals surface area contributed by atoms with Gasteiger partial charge in [0.25, 0.3) is 0 Å². The lowest BCUT2D eigenvalue weighted by atomic mass is 9.99. The van der Waals surface area contributed by atoms with Crippen molar-refractivity contribution in [2.75, 3.05) is 13.1 Å². The number of aromatic nitrogens is 3. The molecule has 1 aliphatic rings. The van der Waals surface area contributed by atoms with Gasteiger partial charge in [-0.2, -0.15) is 0 Å². The first-order valence-corrected chi connectivity index (χ1v) is 12.6. The topological polar surface area (TPSA) is 122 Å². The maximum atomic E-state index is 12.8. The first-order chi connectivity index (χ1) is 16.8. The molecule has 0 saturated heterocycles. The number of carboxylic acid groups (broad SMARTS) is 1. The average Bonchev–Trinajstić information content (AvgIpc) is 3.29. The summed E-state index contributed by atoms with van der Waals surface area (Å²) in [5.41, 5.74) is 3.89. The molecule has 11 heteroatoms. The van der Waals surface area contributed by atoms with Crippen LogP contribution in [0.3, 0.4) is 0 Å². The summed E-state index contributed by atoms with van der Waals surface area (Å²) < 4.78 is 2.02. The van der Waals surface area contributed by atoms with E-state index in [9.17, 15) is 9.59 Å². The van der Waals surface area contributed by atoms with Gasteiger partial charge in [0, 0.05) is 34.1 Å². The molecule has 4 rings (SSSR count). The van der Waals surface area contributed by atoms with Crippen LogP contribution in [0.2, 0.25) is 5.02 Å². The normalized spacial score (nSPS) is 14.5. The number of rotatable bonds is 8. The van der Waals surface area contributed by atoms with Gasteiger partial charge in [-0.1, -0.05) is 23.7 Å². The Morgan fingerprint density at radius 3 is 2.46 bits per heavy atom. The quantitative estimate of drug-likeness (QED) is 0.386. The number of nitrogens with zero attached hydrogens (tertiary/aromatic N) is 4. The number of benzene rings is 1. The van der Waals surface area contributed by atoms with Gasteiger partial charge in [0.1, 0.15) is 16.9 Å². The summed E-state index contributed by atoms with van der Waals surface area (Å²) in [6, 6.07) is 7.04. The van der Waals surface area contributed by atoms with E-state index in [1.54, 1.807) is 11.3 Å². The predicted molar refractivity (Wildman–Crippen MR) is 136 cm³/mol. The van der Waals surface area contributed by atoms with Gasteiger partial charge in [-0.3, -0.25) is 14.4 Å². The zero-order valence-corrected chi connectivity index (χ0v) is 21.3. The van der Waals surface area contributed by atoms with Crippen LogP contribution in [0.5, 0.6) is 0 Å². The number of thiophene rings is 1. The zero-order chi connectivity index (χ0) is 25.1. The molecule has 0 aliphatic carbocycles. The number of nitrogens with one attached hydrogen (secondary N) is 2. The van der Waals surface area contributed by atoms with E-state index in [-0.39, 0.29) is 12.3 Å². The molecule has 3 aromatic rings. The van der Waals surface area contributed by atoms with Crippen LogP contribution < -0.4 is 10.6 Å². The van der Waals surface area contributed by atoms with Crippen LogP contribution in [0.15, 0.2) is 29.3 Å². The molecular formula is C24H27ClN6O3S. The number of carbonyl (C=O) groups is 2. The number of aliphatic imine (C=N–C) groups is 1. The summed E-state index contributed by atoms with van der Waals surface area (Å²) in [4.78, 5) is 29.6. The Labute approximate surface area is 212 Å². The van der Waals surface area contributed by atoms with E-state index in [1.807, 2.05) is 35.8 Å². The minimum atomic E-state index is -1.05. The Morgan fingerprint density at radius 1 is 1.09 bits per heavy atom. The molecular weight excluding hydrogens is 488 g/mol.